The van der Waals surface area contributed by atoms with Gasteiger partial charge in [0, 0.05) is 0 Å². The van der Waals surface area contributed by atoms with Crippen LogP contribution in [0, 0.1) is 0 Å². The molecule has 0 aliphatic carbocycles. The van der Waals surface area contributed by atoms with Gasteiger partial charge in [-0.05, 0) is 20.8 Å². The number of carbonyl (C=O) groups is 2. The number of aliphatic carboxylic acids is 1. The predicted octanol–water partition coefficient (Wildman–Crippen LogP) is 0.465. The quantitative estimate of drug-likeness (QED) is 0.525. The summed E-state index contributed by atoms with van der Waals surface area (Å²) in [6, 6.07) is -0.571. The molecular formula is C9H19N2O5P. The standard InChI is InChI=1S/C9H19N2O5P/c1-4-15-17(16-5-2)11-7(3)9(14)10-6-8(12)13/h7,11H,4-6H2,1-3H3,(H,10,14)(H,12,13). The van der Waals surface area contributed by atoms with Gasteiger partial charge in [-0.3, -0.25) is 9.59 Å². The Balaban J connectivity index is 4.05. The highest BCUT2D eigenvalue weighted by Crippen LogP contribution is 2.33. The molecule has 0 aliphatic heterocycles. The number of rotatable bonds is 9. The molecule has 1 unspecified atom stereocenters. The Hall–Kier alpha value is -0.750. The number of carboxylic acid groups (broad SMARTS) is 1. The molecule has 1 amide bonds. The molecule has 1 atom stereocenters. The number of hydrogen-bond donors (Lipinski definition) is 3. The smallest absolute Gasteiger partial charge is 0.322 e. The van der Waals surface area contributed by atoms with Crippen molar-refractivity contribution in [3.63, 3.8) is 0 Å². The topological polar surface area (TPSA) is 96.9 Å². The van der Waals surface area contributed by atoms with E-state index < -0.39 is 33.0 Å². The number of amides is 1. The Morgan fingerprint density at radius 1 is 1.29 bits per heavy atom. The highest BCUT2D eigenvalue weighted by atomic mass is 31.2. The highest BCUT2D eigenvalue weighted by molar-refractivity contribution is 7.45. The van der Waals surface area contributed by atoms with E-state index in [1.807, 2.05) is 13.8 Å². The molecule has 0 saturated carbocycles. The first-order valence-corrected chi connectivity index (χ1v) is 6.50. The van der Waals surface area contributed by atoms with Gasteiger partial charge in [-0.2, -0.15) is 0 Å². The van der Waals surface area contributed by atoms with Crippen LogP contribution >= 0.6 is 8.53 Å². The van der Waals surface area contributed by atoms with Gasteiger partial charge in [-0.1, -0.05) is 0 Å². The molecule has 0 saturated heterocycles. The predicted molar refractivity (Wildman–Crippen MR) is 63.4 cm³/mol. The van der Waals surface area contributed by atoms with Crippen LogP contribution in [0.3, 0.4) is 0 Å². The summed E-state index contributed by atoms with van der Waals surface area (Å²) in [5, 5.41) is 13.5. The largest absolute Gasteiger partial charge is 0.480 e. The third-order valence-electron chi connectivity index (χ3n) is 1.60. The summed E-state index contributed by atoms with van der Waals surface area (Å²) in [5.74, 6) is -1.48. The molecule has 7 nitrogen and oxygen atoms in total. The van der Waals surface area contributed by atoms with Crippen molar-refractivity contribution in [3.05, 3.63) is 0 Å². The molecule has 8 heteroatoms. The van der Waals surface area contributed by atoms with Crippen LogP contribution in [0.5, 0.6) is 0 Å². The fraction of sp³-hybridized carbons (Fsp3) is 0.778. The fourth-order valence-corrected chi connectivity index (χ4v) is 2.00. The van der Waals surface area contributed by atoms with E-state index >= 15 is 0 Å². The van der Waals surface area contributed by atoms with Crippen molar-refractivity contribution in [1.29, 1.82) is 0 Å². The van der Waals surface area contributed by atoms with Gasteiger partial charge >= 0.3 is 5.97 Å². The second-order valence-corrected chi connectivity index (χ2v) is 4.34. The second kappa shape index (κ2) is 9.30. The normalized spacial score (nSPS) is 12.5. The third-order valence-corrected chi connectivity index (χ3v) is 3.18. The monoisotopic (exact) mass is 266 g/mol. The number of hydrogen-bond acceptors (Lipinski definition) is 5. The Morgan fingerprint density at radius 2 is 1.82 bits per heavy atom. The van der Waals surface area contributed by atoms with Crippen LogP contribution in [0.15, 0.2) is 0 Å². The number of carbonyl (C=O) groups excluding carboxylic acids is 1. The minimum atomic E-state index is -1.32. The lowest BCUT2D eigenvalue weighted by Crippen LogP contribution is -2.42. The van der Waals surface area contributed by atoms with E-state index in [2.05, 4.69) is 10.4 Å². The molecular weight excluding hydrogens is 247 g/mol. The molecule has 0 aliphatic rings. The van der Waals surface area contributed by atoms with E-state index in [0.717, 1.165) is 0 Å². The lowest BCUT2D eigenvalue weighted by Gasteiger charge is -2.20. The Bertz CT molecular complexity index is 246. The third kappa shape index (κ3) is 8.04. The van der Waals surface area contributed by atoms with Crippen molar-refractivity contribution in [3.8, 4) is 0 Å². The van der Waals surface area contributed by atoms with Crippen LogP contribution in [-0.2, 0) is 18.6 Å². The van der Waals surface area contributed by atoms with Crippen molar-refractivity contribution < 1.29 is 23.7 Å². The first-order valence-electron chi connectivity index (χ1n) is 5.32. The van der Waals surface area contributed by atoms with Crippen molar-refractivity contribution in [2.75, 3.05) is 19.8 Å². The molecule has 0 rings (SSSR count). The van der Waals surface area contributed by atoms with Crippen molar-refractivity contribution in [1.82, 2.24) is 10.4 Å². The molecule has 3 N–H and O–H groups in total. The minimum Gasteiger partial charge on any atom is -0.480 e. The van der Waals surface area contributed by atoms with Crippen LogP contribution < -0.4 is 10.4 Å². The molecule has 0 fully saturated rings. The van der Waals surface area contributed by atoms with E-state index in [4.69, 9.17) is 14.2 Å². The summed E-state index contributed by atoms with van der Waals surface area (Å²) in [7, 11) is -1.32. The van der Waals surface area contributed by atoms with Crippen molar-refractivity contribution >= 4 is 20.4 Å². The Morgan fingerprint density at radius 3 is 2.24 bits per heavy atom. The van der Waals surface area contributed by atoms with E-state index in [1.165, 1.54) is 0 Å². The zero-order valence-corrected chi connectivity index (χ0v) is 11.1. The van der Waals surface area contributed by atoms with Crippen LogP contribution in [0.2, 0.25) is 0 Å². The highest BCUT2D eigenvalue weighted by Gasteiger charge is 2.19. The average molecular weight is 266 g/mol. The van der Waals surface area contributed by atoms with Gasteiger partial charge in [-0.25, -0.2) is 5.09 Å². The van der Waals surface area contributed by atoms with Crippen LogP contribution in [0.25, 0.3) is 0 Å². The Kier molecular flexibility index (Phi) is 8.89. The van der Waals surface area contributed by atoms with E-state index in [-0.39, 0.29) is 0 Å². The summed E-state index contributed by atoms with van der Waals surface area (Å²) in [6.07, 6.45) is 0. The van der Waals surface area contributed by atoms with Crippen molar-refractivity contribution in [2.24, 2.45) is 0 Å². The fourth-order valence-electron chi connectivity index (χ4n) is 0.879. The molecule has 0 spiro atoms. The number of carboxylic acids is 1. The zero-order valence-electron chi connectivity index (χ0n) is 10.2. The summed E-state index contributed by atoms with van der Waals surface area (Å²) in [5.41, 5.74) is 0. The van der Waals surface area contributed by atoms with Gasteiger partial charge in [0.2, 0.25) is 5.91 Å². The molecule has 0 aromatic carbocycles. The molecule has 0 aromatic heterocycles. The minimum absolute atomic E-state index is 0.397. The molecule has 17 heavy (non-hydrogen) atoms. The van der Waals surface area contributed by atoms with Crippen LogP contribution in [-0.4, -0.2) is 42.8 Å². The zero-order chi connectivity index (χ0) is 13.3. The average Bonchev–Trinajstić information content (AvgIpc) is 2.26. The lowest BCUT2D eigenvalue weighted by molar-refractivity contribution is -0.138. The van der Waals surface area contributed by atoms with E-state index in [0.29, 0.717) is 13.2 Å². The summed E-state index contributed by atoms with van der Waals surface area (Å²) >= 11 is 0. The maximum atomic E-state index is 11.5. The van der Waals surface area contributed by atoms with Crippen LogP contribution in [0.1, 0.15) is 20.8 Å². The van der Waals surface area contributed by atoms with Crippen molar-refractivity contribution in [2.45, 2.75) is 26.8 Å². The Labute approximate surface area is 102 Å². The van der Waals surface area contributed by atoms with Crippen LogP contribution in [0.4, 0.5) is 0 Å². The molecule has 0 bridgehead atoms. The first kappa shape index (κ1) is 16.2. The molecule has 0 heterocycles. The second-order valence-electron chi connectivity index (χ2n) is 3.05. The van der Waals surface area contributed by atoms with E-state index in [1.54, 1.807) is 6.92 Å². The number of nitrogens with one attached hydrogen (secondary N) is 2. The molecule has 0 aromatic rings. The summed E-state index contributed by atoms with van der Waals surface area (Å²) in [4.78, 5) is 21.7. The van der Waals surface area contributed by atoms with Gasteiger partial charge < -0.3 is 19.5 Å². The van der Waals surface area contributed by atoms with E-state index in [9.17, 15) is 9.59 Å². The van der Waals surface area contributed by atoms with Gasteiger partial charge in [0.05, 0.1) is 19.3 Å². The van der Waals surface area contributed by atoms with Gasteiger partial charge in [-0.15, -0.1) is 0 Å². The maximum absolute atomic E-state index is 11.5. The maximum Gasteiger partial charge on any atom is 0.322 e. The van der Waals surface area contributed by atoms with Gasteiger partial charge in [0.1, 0.15) is 6.54 Å². The van der Waals surface area contributed by atoms with Gasteiger partial charge in [0.15, 0.2) is 0 Å². The summed E-state index contributed by atoms with van der Waals surface area (Å²) in [6.45, 7) is 5.82. The molecule has 0 radical (unpaired) electrons. The summed E-state index contributed by atoms with van der Waals surface area (Å²) < 4.78 is 10.5. The molecule has 100 valence electrons. The SMILES string of the molecule is CCOP(NC(C)C(=O)NCC(=O)O)OCC. The lowest BCUT2D eigenvalue weighted by atomic mass is 10.3. The first-order chi connectivity index (χ1) is 8.01. The van der Waals surface area contributed by atoms with Gasteiger partial charge in [0.25, 0.3) is 8.53 Å².